The average molecular weight is 362 g/mol. The van der Waals surface area contributed by atoms with E-state index in [1.165, 1.54) is 16.8 Å². The molecule has 0 aliphatic carbocycles. The molecule has 10 nitrogen and oxygen atoms in total. The third-order valence-electron chi connectivity index (χ3n) is 3.70. The standard InChI is InChI=1S/C13H18N2O8S/c1-13(2)22-9-7(6-20-24(3,18)19)21-11(10(9)23-13)15-5-4-8(16)14-12(15)17/h4-5,7,9-11H,6H2,1-3H3,(H,14,16,17)/t7-,9-,10-,11-/m1/s1. The molecule has 2 aliphatic rings. The van der Waals surface area contributed by atoms with Crippen LogP contribution in [0.1, 0.15) is 20.1 Å². The lowest BCUT2D eigenvalue weighted by molar-refractivity contribution is -0.199. The number of ether oxygens (including phenoxy) is 3. The van der Waals surface area contributed by atoms with E-state index in [2.05, 4.69) is 4.98 Å². The molecular formula is C13H18N2O8S. The maximum Gasteiger partial charge on any atom is 0.330 e. The van der Waals surface area contributed by atoms with Gasteiger partial charge in [-0.1, -0.05) is 0 Å². The molecule has 1 N–H and O–H groups in total. The summed E-state index contributed by atoms with van der Waals surface area (Å²) in [5.74, 6) is -0.924. The van der Waals surface area contributed by atoms with Gasteiger partial charge in [-0.05, 0) is 13.8 Å². The van der Waals surface area contributed by atoms with Gasteiger partial charge in [0.2, 0.25) is 0 Å². The molecule has 11 heteroatoms. The van der Waals surface area contributed by atoms with Crippen molar-refractivity contribution in [2.75, 3.05) is 12.9 Å². The summed E-state index contributed by atoms with van der Waals surface area (Å²) in [6.45, 7) is 3.13. The summed E-state index contributed by atoms with van der Waals surface area (Å²) in [5, 5.41) is 0. The second-order valence-electron chi connectivity index (χ2n) is 6.14. The van der Waals surface area contributed by atoms with E-state index in [9.17, 15) is 18.0 Å². The second-order valence-corrected chi connectivity index (χ2v) is 7.78. The molecule has 134 valence electrons. The van der Waals surface area contributed by atoms with E-state index in [-0.39, 0.29) is 6.61 Å². The molecular weight excluding hydrogens is 344 g/mol. The van der Waals surface area contributed by atoms with E-state index in [1.54, 1.807) is 13.8 Å². The fourth-order valence-electron chi connectivity index (χ4n) is 2.84. The van der Waals surface area contributed by atoms with Crippen molar-refractivity contribution in [1.29, 1.82) is 0 Å². The number of aromatic nitrogens is 2. The van der Waals surface area contributed by atoms with Gasteiger partial charge in [-0.2, -0.15) is 8.42 Å². The number of aromatic amines is 1. The van der Waals surface area contributed by atoms with Crippen LogP contribution in [-0.2, 0) is 28.5 Å². The number of fused-ring (bicyclic) bond motifs is 1. The zero-order valence-electron chi connectivity index (χ0n) is 13.3. The fraction of sp³-hybridized carbons (Fsp3) is 0.692. The lowest BCUT2D eigenvalue weighted by atomic mass is 10.1. The summed E-state index contributed by atoms with van der Waals surface area (Å²) >= 11 is 0. The third kappa shape index (κ3) is 3.44. The first-order valence-corrected chi connectivity index (χ1v) is 9.04. The zero-order chi connectivity index (χ0) is 17.7. The Kier molecular flexibility index (Phi) is 4.16. The molecule has 0 aromatic carbocycles. The van der Waals surface area contributed by atoms with Gasteiger partial charge >= 0.3 is 5.69 Å². The predicted octanol–water partition coefficient (Wildman–Crippen LogP) is -1.07. The lowest BCUT2D eigenvalue weighted by Crippen LogP contribution is -2.37. The van der Waals surface area contributed by atoms with Crippen molar-refractivity contribution < 1.29 is 26.8 Å². The minimum atomic E-state index is -3.66. The smallest absolute Gasteiger partial charge is 0.330 e. The molecule has 2 saturated heterocycles. The molecule has 0 spiro atoms. The van der Waals surface area contributed by atoms with Gasteiger partial charge in [0.25, 0.3) is 15.7 Å². The Bertz CT molecular complexity index is 842. The van der Waals surface area contributed by atoms with E-state index >= 15 is 0 Å². The highest BCUT2D eigenvalue weighted by atomic mass is 32.2. The number of hydrogen-bond acceptors (Lipinski definition) is 8. The van der Waals surface area contributed by atoms with Crippen LogP contribution in [0.5, 0.6) is 0 Å². The third-order valence-corrected chi connectivity index (χ3v) is 4.26. The number of nitrogens with zero attached hydrogens (tertiary/aromatic N) is 1. The van der Waals surface area contributed by atoms with Crippen molar-refractivity contribution in [2.45, 2.75) is 44.2 Å². The summed E-state index contributed by atoms with van der Waals surface area (Å²) in [5.41, 5.74) is -1.20. The van der Waals surface area contributed by atoms with Crippen LogP contribution in [0.25, 0.3) is 0 Å². The number of hydrogen-bond donors (Lipinski definition) is 1. The Hall–Kier alpha value is -1.53. The minimum Gasteiger partial charge on any atom is -0.346 e. The van der Waals surface area contributed by atoms with E-state index in [1.807, 2.05) is 0 Å². The largest absolute Gasteiger partial charge is 0.346 e. The van der Waals surface area contributed by atoms with Gasteiger partial charge in [-0.25, -0.2) is 4.79 Å². The topological polar surface area (TPSA) is 126 Å². The van der Waals surface area contributed by atoms with E-state index in [0.717, 1.165) is 6.26 Å². The van der Waals surface area contributed by atoms with Crippen molar-refractivity contribution in [1.82, 2.24) is 9.55 Å². The van der Waals surface area contributed by atoms with Gasteiger partial charge in [-0.3, -0.25) is 18.5 Å². The van der Waals surface area contributed by atoms with Crippen LogP contribution in [0.3, 0.4) is 0 Å². The van der Waals surface area contributed by atoms with Crippen molar-refractivity contribution in [3.63, 3.8) is 0 Å². The van der Waals surface area contributed by atoms with Crippen LogP contribution in [0.15, 0.2) is 21.9 Å². The number of nitrogens with one attached hydrogen (secondary N) is 1. The summed E-state index contributed by atoms with van der Waals surface area (Å²) in [6, 6.07) is 1.18. The van der Waals surface area contributed by atoms with E-state index < -0.39 is 51.7 Å². The molecule has 0 saturated carbocycles. The molecule has 4 atom stereocenters. The van der Waals surface area contributed by atoms with Crippen LogP contribution in [0.4, 0.5) is 0 Å². The van der Waals surface area contributed by atoms with Gasteiger partial charge in [0.1, 0.15) is 18.3 Å². The predicted molar refractivity (Wildman–Crippen MR) is 79.9 cm³/mol. The van der Waals surface area contributed by atoms with Gasteiger partial charge in [0.05, 0.1) is 12.9 Å². The Morgan fingerprint density at radius 1 is 1.29 bits per heavy atom. The van der Waals surface area contributed by atoms with Crippen molar-refractivity contribution in [3.8, 4) is 0 Å². The Morgan fingerprint density at radius 3 is 2.58 bits per heavy atom. The Labute approximate surface area is 137 Å². The first-order chi connectivity index (χ1) is 11.1. The van der Waals surface area contributed by atoms with Crippen LogP contribution in [0, 0.1) is 0 Å². The molecule has 2 fully saturated rings. The van der Waals surface area contributed by atoms with E-state index in [4.69, 9.17) is 18.4 Å². The first kappa shape index (κ1) is 17.3. The zero-order valence-corrected chi connectivity index (χ0v) is 14.1. The summed E-state index contributed by atoms with van der Waals surface area (Å²) in [6.07, 6.45) is -0.691. The normalized spacial score (nSPS) is 32.0. The Balaban J connectivity index is 1.90. The summed E-state index contributed by atoms with van der Waals surface area (Å²) in [4.78, 5) is 25.4. The van der Waals surface area contributed by atoms with Gasteiger partial charge in [-0.15, -0.1) is 0 Å². The van der Waals surface area contributed by atoms with Crippen LogP contribution >= 0.6 is 0 Å². The van der Waals surface area contributed by atoms with Crippen molar-refractivity contribution in [3.05, 3.63) is 33.1 Å². The highest BCUT2D eigenvalue weighted by molar-refractivity contribution is 7.85. The van der Waals surface area contributed by atoms with Crippen LogP contribution in [0.2, 0.25) is 0 Å². The first-order valence-electron chi connectivity index (χ1n) is 7.23. The minimum absolute atomic E-state index is 0.270. The molecule has 0 unspecified atom stereocenters. The summed E-state index contributed by atoms with van der Waals surface area (Å²) in [7, 11) is -3.66. The molecule has 1 aromatic heterocycles. The monoisotopic (exact) mass is 362 g/mol. The van der Waals surface area contributed by atoms with Crippen molar-refractivity contribution in [2.24, 2.45) is 0 Å². The summed E-state index contributed by atoms with van der Waals surface area (Å²) < 4.78 is 45.6. The van der Waals surface area contributed by atoms with Gasteiger partial charge in [0, 0.05) is 12.3 Å². The molecule has 1 aromatic rings. The van der Waals surface area contributed by atoms with Crippen LogP contribution < -0.4 is 11.2 Å². The maximum atomic E-state index is 12.0. The highest BCUT2D eigenvalue weighted by Crippen LogP contribution is 2.42. The molecule has 3 heterocycles. The highest BCUT2D eigenvalue weighted by Gasteiger charge is 2.56. The molecule has 0 bridgehead atoms. The van der Waals surface area contributed by atoms with Gasteiger partial charge in [0.15, 0.2) is 12.0 Å². The van der Waals surface area contributed by atoms with Crippen LogP contribution in [-0.4, -0.2) is 54.9 Å². The Morgan fingerprint density at radius 2 is 1.96 bits per heavy atom. The molecule has 3 rings (SSSR count). The van der Waals surface area contributed by atoms with E-state index in [0.29, 0.717) is 0 Å². The van der Waals surface area contributed by atoms with Gasteiger partial charge < -0.3 is 14.2 Å². The maximum absolute atomic E-state index is 12.0. The molecule has 24 heavy (non-hydrogen) atoms. The fourth-order valence-corrected chi connectivity index (χ4v) is 3.22. The number of rotatable bonds is 4. The quantitative estimate of drug-likeness (QED) is 0.671. The SMILES string of the molecule is CC1(C)O[C@@H]2[C@H](O1)[C@@H](COS(C)(=O)=O)O[C@H]2n1ccc(=O)[nH]c1=O. The number of H-pyrrole nitrogens is 1. The second kappa shape index (κ2) is 5.77. The molecule has 0 radical (unpaired) electrons. The average Bonchev–Trinajstić information content (AvgIpc) is 2.90. The molecule has 0 amide bonds. The molecule has 2 aliphatic heterocycles. The lowest BCUT2D eigenvalue weighted by Gasteiger charge is -2.24. The van der Waals surface area contributed by atoms with Crippen molar-refractivity contribution >= 4 is 10.1 Å².